The third-order valence-electron chi connectivity index (χ3n) is 4.37. The lowest BCUT2D eigenvalue weighted by molar-refractivity contribution is -0.137. The number of hydrogen-bond donors (Lipinski definition) is 1. The van der Waals surface area contributed by atoms with Crippen LogP contribution in [0.3, 0.4) is 0 Å². The number of thiazole rings is 1. The van der Waals surface area contributed by atoms with E-state index in [-0.39, 0.29) is 18.9 Å². The Balaban J connectivity index is 1.85. The highest BCUT2D eigenvalue weighted by Crippen LogP contribution is 2.30. The summed E-state index contributed by atoms with van der Waals surface area (Å²) in [6, 6.07) is 11.4. The molecule has 0 saturated carbocycles. The van der Waals surface area contributed by atoms with Crippen molar-refractivity contribution in [3.63, 3.8) is 0 Å². The van der Waals surface area contributed by atoms with Crippen LogP contribution in [-0.4, -0.2) is 15.0 Å². The van der Waals surface area contributed by atoms with Crippen LogP contribution >= 0.6 is 11.3 Å². The molecular formula is C21H20F4N2OS. The molecule has 8 heteroatoms. The van der Waals surface area contributed by atoms with Gasteiger partial charge in [0.15, 0.2) is 0 Å². The van der Waals surface area contributed by atoms with Crippen LogP contribution in [0.1, 0.15) is 40.4 Å². The first kappa shape index (κ1) is 21.4. The number of rotatable bonds is 7. The van der Waals surface area contributed by atoms with Crippen LogP contribution in [-0.2, 0) is 25.8 Å². The fourth-order valence-electron chi connectivity index (χ4n) is 2.92. The Labute approximate surface area is 170 Å². The summed E-state index contributed by atoms with van der Waals surface area (Å²) in [6.45, 7) is 2.34. The maximum Gasteiger partial charge on any atom is 0.416 e. The van der Waals surface area contributed by atoms with Crippen molar-refractivity contribution in [2.24, 2.45) is 0 Å². The maximum absolute atomic E-state index is 14.1. The van der Waals surface area contributed by atoms with Crippen molar-refractivity contribution >= 4 is 11.3 Å². The van der Waals surface area contributed by atoms with Gasteiger partial charge in [0.2, 0.25) is 0 Å². The van der Waals surface area contributed by atoms with Gasteiger partial charge < -0.3 is 5.11 Å². The second kappa shape index (κ2) is 9.02. The van der Waals surface area contributed by atoms with Crippen LogP contribution < -0.4 is 0 Å². The quantitative estimate of drug-likeness (QED) is 0.505. The maximum atomic E-state index is 14.1. The zero-order valence-electron chi connectivity index (χ0n) is 15.7. The summed E-state index contributed by atoms with van der Waals surface area (Å²) in [5.74, 6) is -0.370. The van der Waals surface area contributed by atoms with Crippen molar-refractivity contribution in [2.45, 2.75) is 38.8 Å². The third-order valence-corrected chi connectivity index (χ3v) is 5.22. The first-order valence-corrected chi connectivity index (χ1v) is 9.84. The fourth-order valence-corrected chi connectivity index (χ4v) is 3.84. The van der Waals surface area contributed by atoms with E-state index in [0.29, 0.717) is 28.4 Å². The van der Waals surface area contributed by atoms with Gasteiger partial charge >= 0.3 is 6.18 Å². The molecule has 1 heterocycles. The third kappa shape index (κ3) is 5.85. The van der Waals surface area contributed by atoms with Crippen LogP contribution in [0.4, 0.5) is 17.6 Å². The zero-order chi connectivity index (χ0) is 21.0. The highest BCUT2D eigenvalue weighted by molar-refractivity contribution is 7.09. The van der Waals surface area contributed by atoms with Gasteiger partial charge in [0.05, 0.1) is 23.9 Å². The molecule has 154 valence electrons. The molecule has 0 spiro atoms. The van der Waals surface area contributed by atoms with Crippen molar-refractivity contribution in [2.75, 3.05) is 0 Å². The highest BCUT2D eigenvalue weighted by atomic mass is 32.1. The van der Waals surface area contributed by atoms with E-state index in [2.05, 4.69) is 4.98 Å². The van der Waals surface area contributed by atoms with E-state index < -0.39 is 17.8 Å². The Kier molecular flexibility index (Phi) is 6.66. The minimum Gasteiger partial charge on any atom is -0.387 e. The zero-order valence-corrected chi connectivity index (χ0v) is 16.5. The van der Waals surface area contributed by atoms with E-state index in [4.69, 9.17) is 0 Å². The van der Waals surface area contributed by atoms with Gasteiger partial charge in [-0.2, -0.15) is 13.2 Å². The molecule has 2 aromatic carbocycles. The van der Waals surface area contributed by atoms with Crippen molar-refractivity contribution in [3.8, 4) is 0 Å². The van der Waals surface area contributed by atoms with Gasteiger partial charge in [-0.15, -0.1) is 11.3 Å². The van der Waals surface area contributed by atoms with Crippen molar-refractivity contribution < 1.29 is 22.7 Å². The van der Waals surface area contributed by atoms with E-state index in [0.717, 1.165) is 12.1 Å². The lowest BCUT2D eigenvalue weighted by atomic mass is 10.1. The van der Waals surface area contributed by atoms with Crippen LogP contribution in [0.25, 0.3) is 0 Å². The predicted molar refractivity (Wildman–Crippen MR) is 104 cm³/mol. The minimum absolute atomic E-state index is 0.196. The van der Waals surface area contributed by atoms with E-state index in [1.54, 1.807) is 36.6 Å². The molecule has 1 aromatic heterocycles. The first-order chi connectivity index (χ1) is 13.7. The summed E-state index contributed by atoms with van der Waals surface area (Å²) in [5, 5.41) is 12.1. The van der Waals surface area contributed by atoms with Crippen LogP contribution in [0.5, 0.6) is 0 Å². The van der Waals surface area contributed by atoms with Crippen LogP contribution in [0.2, 0.25) is 0 Å². The molecule has 1 N–H and O–H groups in total. The molecule has 0 aliphatic heterocycles. The molecule has 0 amide bonds. The van der Waals surface area contributed by atoms with Gasteiger partial charge in [0.25, 0.3) is 0 Å². The summed E-state index contributed by atoms with van der Waals surface area (Å²) >= 11 is 1.35. The molecular weight excluding hydrogens is 404 g/mol. The molecule has 0 aliphatic rings. The van der Waals surface area contributed by atoms with E-state index in [1.165, 1.54) is 23.5 Å². The molecule has 0 fully saturated rings. The lowest BCUT2D eigenvalue weighted by Gasteiger charge is -2.22. The number of alkyl halides is 3. The van der Waals surface area contributed by atoms with Crippen LogP contribution in [0, 0.1) is 5.82 Å². The van der Waals surface area contributed by atoms with Crippen molar-refractivity contribution in [3.05, 3.63) is 87.1 Å². The average molecular weight is 424 g/mol. The Morgan fingerprint density at radius 1 is 1.07 bits per heavy atom. The van der Waals surface area contributed by atoms with Gasteiger partial charge in [0, 0.05) is 24.0 Å². The number of aliphatic hydroxyl groups is 1. The van der Waals surface area contributed by atoms with E-state index >= 15 is 0 Å². The Morgan fingerprint density at radius 2 is 1.83 bits per heavy atom. The second-order valence-corrected chi connectivity index (χ2v) is 7.72. The summed E-state index contributed by atoms with van der Waals surface area (Å²) in [5.41, 5.74) is 0.747. The molecule has 0 aliphatic carbocycles. The molecule has 3 nitrogen and oxygen atoms in total. The van der Waals surface area contributed by atoms with E-state index in [1.807, 2.05) is 4.90 Å². The van der Waals surface area contributed by atoms with Gasteiger partial charge in [-0.3, -0.25) is 4.90 Å². The summed E-state index contributed by atoms with van der Waals surface area (Å²) in [6.07, 6.45) is -5.13. The molecule has 1 atom stereocenters. The first-order valence-electron chi connectivity index (χ1n) is 8.96. The highest BCUT2D eigenvalue weighted by Gasteiger charge is 2.30. The molecule has 29 heavy (non-hydrogen) atoms. The summed E-state index contributed by atoms with van der Waals surface area (Å²) in [4.78, 5) is 6.20. The molecule has 1 unspecified atom stereocenters. The second-order valence-electron chi connectivity index (χ2n) is 6.78. The van der Waals surface area contributed by atoms with Crippen molar-refractivity contribution in [1.82, 2.24) is 9.88 Å². The molecule has 0 radical (unpaired) electrons. The molecule has 3 aromatic rings. The Bertz CT molecular complexity index is 956. The summed E-state index contributed by atoms with van der Waals surface area (Å²) < 4.78 is 53.2. The van der Waals surface area contributed by atoms with Crippen LogP contribution in [0.15, 0.2) is 53.9 Å². The van der Waals surface area contributed by atoms with E-state index in [9.17, 15) is 22.7 Å². The van der Waals surface area contributed by atoms with Gasteiger partial charge in [-0.1, -0.05) is 36.4 Å². The normalized spacial score (nSPS) is 13.1. The minimum atomic E-state index is -4.42. The molecule has 3 rings (SSSR count). The standard InChI is InChI=1S/C21H20F4N2OS/c1-14(28)19-13-29-20(26-19)12-27(11-16-6-2-3-8-18(16)22)10-15-5-4-7-17(9-15)21(23,24)25/h2-9,13-14,28H,10-12H2,1H3. The predicted octanol–water partition coefficient (Wildman–Crippen LogP) is 5.56. The fraction of sp³-hybridized carbons (Fsp3) is 0.286. The van der Waals surface area contributed by atoms with Crippen molar-refractivity contribution in [1.29, 1.82) is 0 Å². The molecule has 0 saturated heterocycles. The Morgan fingerprint density at radius 3 is 2.48 bits per heavy atom. The number of benzene rings is 2. The number of aromatic nitrogens is 1. The summed E-state index contributed by atoms with van der Waals surface area (Å²) in [7, 11) is 0. The number of hydrogen-bond acceptors (Lipinski definition) is 4. The SMILES string of the molecule is CC(O)c1csc(CN(Cc2cccc(C(F)(F)F)c2)Cc2ccccc2F)n1. The van der Waals surface area contributed by atoms with Gasteiger partial charge in [0.1, 0.15) is 10.8 Å². The largest absolute Gasteiger partial charge is 0.416 e. The number of aliphatic hydroxyl groups excluding tert-OH is 1. The van der Waals surface area contributed by atoms with Gasteiger partial charge in [-0.25, -0.2) is 9.37 Å². The Hall–Kier alpha value is -2.29. The number of halogens is 4. The molecule has 0 bridgehead atoms. The monoisotopic (exact) mass is 424 g/mol. The van der Waals surface area contributed by atoms with Gasteiger partial charge in [-0.05, 0) is 24.6 Å². The average Bonchev–Trinajstić information content (AvgIpc) is 3.12. The smallest absolute Gasteiger partial charge is 0.387 e. The topological polar surface area (TPSA) is 36.4 Å². The lowest BCUT2D eigenvalue weighted by Crippen LogP contribution is -2.23. The number of nitrogens with zero attached hydrogens (tertiary/aromatic N) is 2.